The third-order valence-corrected chi connectivity index (χ3v) is 3.86. The summed E-state index contributed by atoms with van der Waals surface area (Å²) in [5.41, 5.74) is 3.81. The highest BCUT2D eigenvalue weighted by atomic mass is 16.5. The highest BCUT2D eigenvalue weighted by Crippen LogP contribution is 2.24. The summed E-state index contributed by atoms with van der Waals surface area (Å²) in [6.45, 7) is 0.311. The number of nitrogens with zero attached hydrogens (tertiary/aromatic N) is 3. The number of hydrogen-bond acceptors (Lipinski definition) is 5. The van der Waals surface area contributed by atoms with E-state index >= 15 is 0 Å². The molecule has 0 fully saturated rings. The van der Waals surface area contributed by atoms with Crippen LogP contribution in [0.3, 0.4) is 0 Å². The Labute approximate surface area is 144 Å². The fraction of sp³-hybridized carbons (Fsp3) is 0.0500. The second-order valence-corrected chi connectivity index (χ2v) is 5.58. The molecule has 0 spiro atoms. The quantitative estimate of drug-likeness (QED) is 0.613. The van der Waals surface area contributed by atoms with Crippen molar-refractivity contribution >= 4 is 10.9 Å². The number of aromatic nitrogens is 3. The molecule has 0 aliphatic rings. The summed E-state index contributed by atoms with van der Waals surface area (Å²) in [5, 5.41) is 10.5. The Morgan fingerprint density at radius 2 is 1.72 bits per heavy atom. The van der Waals surface area contributed by atoms with Gasteiger partial charge in [-0.15, -0.1) is 0 Å². The molecule has 122 valence electrons. The van der Waals surface area contributed by atoms with E-state index in [4.69, 9.17) is 4.74 Å². The minimum absolute atomic E-state index is 0.111. The fourth-order valence-corrected chi connectivity index (χ4v) is 2.63. The molecule has 25 heavy (non-hydrogen) atoms. The number of hydrogen-bond donors (Lipinski definition) is 1. The van der Waals surface area contributed by atoms with Gasteiger partial charge >= 0.3 is 6.01 Å². The third kappa shape index (κ3) is 3.26. The highest BCUT2D eigenvalue weighted by molar-refractivity contribution is 5.82. The molecule has 4 aromatic rings. The van der Waals surface area contributed by atoms with E-state index in [0.717, 1.165) is 16.7 Å². The molecular weight excluding hydrogens is 314 g/mol. The van der Waals surface area contributed by atoms with E-state index in [1.165, 1.54) is 0 Å². The molecule has 1 N–H and O–H groups in total. The van der Waals surface area contributed by atoms with Crippen molar-refractivity contribution in [3.63, 3.8) is 0 Å². The number of pyridine rings is 1. The number of aromatic hydroxyl groups is 1. The van der Waals surface area contributed by atoms with Gasteiger partial charge in [-0.05, 0) is 28.8 Å². The number of fused-ring (bicyclic) bond motifs is 1. The summed E-state index contributed by atoms with van der Waals surface area (Å²) in [6, 6.07) is 20.0. The van der Waals surface area contributed by atoms with E-state index < -0.39 is 0 Å². The van der Waals surface area contributed by atoms with E-state index in [9.17, 15) is 5.11 Å². The predicted octanol–water partition coefficient (Wildman–Crippen LogP) is 3.98. The van der Waals surface area contributed by atoms with Crippen LogP contribution in [0.2, 0.25) is 0 Å². The van der Waals surface area contributed by atoms with Crippen LogP contribution >= 0.6 is 0 Å². The summed E-state index contributed by atoms with van der Waals surface area (Å²) in [4.78, 5) is 12.3. The maximum atomic E-state index is 9.98. The van der Waals surface area contributed by atoms with Crippen LogP contribution in [0.25, 0.3) is 22.0 Å². The van der Waals surface area contributed by atoms with Gasteiger partial charge < -0.3 is 9.84 Å². The molecule has 0 unspecified atom stereocenters. The molecule has 0 aliphatic heterocycles. The lowest BCUT2D eigenvalue weighted by Gasteiger charge is -2.08. The maximum Gasteiger partial charge on any atom is 0.320 e. The summed E-state index contributed by atoms with van der Waals surface area (Å²) >= 11 is 0. The maximum absolute atomic E-state index is 9.98. The molecule has 2 aromatic heterocycles. The Balaban J connectivity index is 1.56. The Kier molecular flexibility index (Phi) is 3.96. The van der Waals surface area contributed by atoms with Crippen LogP contribution in [-0.4, -0.2) is 20.1 Å². The molecule has 0 atom stereocenters. The van der Waals surface area contributed by atoms with Gasteiger partial charge in [0.2, 0.25) is 5.88 Å². The molecule has 2 aromatic carbocycles. The van der Waals surface area contributed by atoms with Crippen molar-refractivity contribution in [3.8, 4) is 23.0 Å². The zero-order valence-corrected chi connectivity index (χ0v) is 13.3. The van der Waals surface area contributed by atoms with Crippen molar-refractivity contribution in [1.29, 1.82) is 0 Å². The average Bonchev–Trinajstić information content (AvgIpc) is 2.67. The highest BCUT2D eigenvalue weighted by Gasteiger charge is 2.08. The zero-order chi connectivity index (χ0) is 17.1. The summed E-state index contributed by atoms with van der Waals surface area (Å²) in [7, 11) is 0. The van der Waals surface area contributed by atoms with Crippen molar-refractivity contribution in [1.82, 2.24) is 15.0 Å². The Morgan fingerprint density at radius 3 is 2.60 bits per heavy atom. The van der Waals surface area contributed by atoms with Crippen molar-refractivity contribution in [3.05, 3.63) is 78.6 Å². The lowest BCUT2D eigenvalue weighted by Crippen LogP contribution is -2.00. The van der Waals surface area contributed by atoms with Gasteiger partial charge in [-0.3, -0.25) is 4.98 Å². The van der Waals surface area contributed by atoms with Gasteiger partial charge in [0.15, 0.2) is 0 Å². The molecule has 4 rings (SSSR count). The van der Waals surface area contributed by atoms with Crippen LogP contribution in [0.1, 0.15) is 5.56 Å². The second-order valence-electron chi connectivity index (χ2n) is 5.58. The van der Waals surface area contributed by atoms with Gasteiger partial charge in [0.05, 0.1) is 17.1 Å². The number of rotatable bonds is 4. The van der Waals surface area contributed by atoms with Crippen LogP contribution in [-0.2, 0) is 6.61 Å². The first-order valence-corrected chi connectivity index (χ1v) is 7.87. The molecule has 0 radical (unpaired) electrons. The monoisotopic (exact) mass is 329 g/mol. The zero-order valence-electron chi connectivity index (χ0n) is 13.3. The van der Waals surface area contributed by atoms with Gasteiger partial charge in [-0.2, -0.15) is 9.97 Å². The van der Waals surface area contributed by atoms with Crippen LogP contribution in [0.5, 0.6) is 11.9 Å². The first-order chi connectivity index (χ1) is 12.3. The summed E-state index contributed by atoms with van der Waals surface area (Å²) < 4.78 is 5.66. The van der Waals surface area contributed by atoms with Crippen molar-refractivity contribution in [2.75, 3.05) is 0 Å². The van der Waals surface area contributed by atoms with Gasteiger partial charge in [0.25, 0.3) is 0 Å². The van der Waals surface area contributed by atoms with Crippen LogP contribution in [0, 0.1) is 0 Å². The summed E-state index contributed by atoms with van der Waals surface area (Å²) in [6.07, 6.45) is 3.15. The van der Waals surface area contributed by atoms with Crippen molar-refractivity contribution in [2.45, 2.75) is 6.61 Å². The molecule has 5 nitrogen and oxygen atoms in total. The van der Waals surface area contributed by atoms with Crippen molar-refractivity contribution in [2.24, 2.45) is 0 Å². The van der Waals surface area contributed by atoms with Crippen molar-refractivity contribution < 1.29 is 9.84 Å². The minimum atomic E-state index is -0.111. The van der Waals surface area contributed by atoms with Crippen LogP contribution < -0.4 is 4.74 Å². The number of benzene rings is 2. The van der Waals surface area contributed by atoms with E-state index in [-0.39, 0.29) is 11.9 Å². The molecule has 0 aliphatic carbocycles. The predicted molar refractivity (Wildman–Crippen MR) is 95.2 cm³/mol. The van der Waals surface area contributed by atoms with Gasteiger partial charge in [-0.1, -0.05) is 48.5 Å². The Hall–Kier alpha value is -3.47. The standard InChI is InChI=1S/C20H15N3O2/c24-19-17-9-10-21-12-18(17)22-20(23-19)25-13-14-5-4-8-16(11-14)15-6-2-1-3-7-15/h1-12H,13H2,(H,22,23,24). The molecular formula is C20H15N3O2. The molecule has 0 saturated heterocycles. The van der Waals surface area contributed by atoms with Gasteiger partial charge in [0.1, 0.15) is 6.61 Å². The smallest absolute Gasteiger partial charge is 0.320 e. The molecule has 0 amide bonds. The van der Waals surface area contributed by atoms with E-state index in [0.29, 0.717) is 17.5 Å². The lowest BCUT2D eigenvalue weighted by atomic mass is 10.0. The first kappa shape index (κ1) is 15.1. The van der Waals surface area contributed by atoms with E-state index in [1.807, 2.05) is 30.3 Å². The van der Waals surface area contributed by atoms with Gasteiger partial charge in [0, 0.05) is 6.20 Å². The van der Waals surface area contributed by atoms with Crippen LogP contribution in [0.4, 0.5) is 0 Å². The molecule has 0 saturated carbocycles. The largest absolute Gasteiger partial charge is 0.493 e. The summed E-state index contributed by atoms with van der Waals surface area (Å²) in [5.74, 6) is -0.111. The Morgan fingerprint density at radius 1 is 0.880 bits per heavy atom. The minimum Gasteiger partial charge on any atom is -0.493 e. The second kappa shape index (κ2) is 6.57. The molecule has 5 heteroatoms. The van der Waals surface area contributed by atoms with Gasteiger partial charge in [-0.25, -0.2) is 0 Å². The van der Waals surface area contributed by atoms with E-state index in [2.05, 4.69) is 39.2 Å². The lowest BCUT2D eigenvalue weighted by molar-refractivity contribution is 0.277. The van der Waals surface area contributed by atoms with E-state index in [1.54, 1.807) is 18.5 Å². The average molecular weight is 329 g/mol. The van der Waals surface area contributed by atoms with Crippen LogP contribution in [0.15, 0.2) is 73.1 Å². The molecule has 2 heterocycles. The first-order valence-electron chi connectivity index (χ1n) is 7.87. The third-order valence-electron chi connectivity index (χ3n) is 3.86. The normalized spacial score (nSPS) is 10.7. The molecule has 0 bridgehead atoms. The SMILES string of the molecule is Oc1nc(OCc2cccc(-c3ccccc3)c2)nc2cnccc12. The Bertz CT molecular complexity index is 1020. The fourth-order valence-electron chi connectivity index (χ4n) is 2.63. The topological polar surface area (TPSA) is 68.1 Å². The number of ether oxygens (including phenoxy) is 1.